The van der Waals surface area contributed by atoms with Gasteiger partial charge in [0.2, 0.25) is 0 Å². The lowest BCUT2D eigenvalue weighted by molar-refractivity contribution is 0.609. The lowest BCUT2D eigenvalue weighted by Crippen LogP contribution is -1.98. The van der Waals surface area contributed by atoms with Gasteiger partial charge in [0, 0.05) is 18.5 Å². The van der Waals surface area contributed by atoms with E-state index < -0.39 is 0 Å². The van der Waals surface area contributed by atoms with Crippen LogP contribution < -0.4 is 5.73 Å². The number of nitrogens with two attached hydrogens (primary N) is 1. The molecule has 106 valence electrons. The summed E-state index contributed by atoms with van der Waals surface area (Å²) in [6, 6.07) is 5.50. The first-order valence-corrected chi connectivity index (χ1v) is 7.35. The van der Waals surface area contributed by atoms with Crippen LogP contribution >= 0.6 is 23.2 Å². The highest BCUT2D eigenvalue weighted by atomic mass is 35.5. The third kappa shape index (κ3) is 2.00. The summed E-state index contributed by atoms with van der Waals surface area (Å²) in [5, 5.41) is 5.82. The van der Waals surface area contributed by atoms with Gasteiger partial charge in [-0.2, -0.15) is 5.10 Å². The molecule has 0 amide bonds. The quantitative estimate of drug-likeness (QED) is 0.888. The summed E-state index contributed by atoms with van der Waals surface area (Å²) < 4.78 is 1.71. The Morgan fingerprint density at radius 2 is 1.80 bits per heavy atom. The summed E-state index contributed by atoms with van der Waals surface area (Å²) in [6.07, 6.45) is 1.11. The van der Waals surface area contributed by atoms with E-state index in [0.717, 1.165) is 23.2 Å². The molecule has 0 saturated heterocycles. The van der Waals surface area contributed by atoms with Gasteiger partial charge in [0.05, 0.1) is 21.3 Å². The van der Waals surface area contributed by atoms with Gasteiger partial charge >= 0.3 is 0 Å². The zero-order chi connectivity index (χ0) is 14.7. The lowest BCUT2D eigenvalue weighted by atomic mass is 9.99. The number of aryl methyl sites for hydroxylation is 1. The molecule has 1 unspecified atom stereocenters. The molecule has 1 aliphatic carbocycles. The maximum absolute atomic E-state index is 6.34. The second-order valence-electron chi connectivity index (χ2n) is 6.11. The topological polar surface area (TPSA) is 43.8 Å². The molecule has 3 rings (SSSR count). The first kappa shape index (κ1) is 13.8. The van der Waals surface area contributed by atoms with E-state index in [1.54, 1.807) is 4.68 Å². The summed E-state index contributed by atoms with van der Waals surface area (Å²) in [7, 11) is 1.85. The number of nitrogens with zero attached hydrogens (tertiary/aromatic N) is 2. The third-order valence-corrected chi connectivity index (χ3v) is 4.80. The number of halogens is 2. The van der Waals surface area contributed by atoms with E-state index in [-0.39, 0.29) is 5.41 Å². The van der Waals surface area contributed by atoms with Crippen LogP contribution in [0.4, 0.5) is 5.82 Å². The fourth-order valence-electron chi connectivity index (χ4n) is 2.73. The first-order valence-electron chi connectivity index (χ1n) is 6.59. The van der Waals surface area contributed by atoms with Crippen molar-refractivity contribution >= 4 is 29.0 Å². The minimum absolute atomic E-state index is 0.267. The molecule has 3 nitrogen and oxygen atoms in total. The molecule has 0 radical (unpaired) electrons. The molecule has 20 heavy (non-hydrogen) atoms. The zero-order valence-corrected chi connectivity index (χ0v) is 13.3. The van der Waals surface area contributed by atoms with Crippen LogP contribution in [-0.4, -0.2) is 9.78 Å². The van der Waals surface area contributed by atoms with Crippen LogP contribution in [0.1, 0.15) is 31.9 Å². The van der Waals surface area contributed by atoms with E-state index >= 15 is 0 Å². The molecule has 1 saturated carbocycles. The van der Waals surface area contributed by atoms with Gasteiger partial charge in [-0.25, -0.2) is 0 Å². The molecule has 1 aromatic heterocycles. The number of anilines is 1. The van der Waals surface area contributed by atoms with Gasteiger partial charge in [0.1, 0.15) is 5.82 Å². The van der Waals surface area contributed by atoms with Gasteiger partial charge in [-0.05, 0) is 24.0 Å². The summed E-state index contributed by atoms with van der Waals surface area (Å²) in [5.74, 6) is 1.02. The van der Waals surface area contributed by atoms with Gasteiger partial charge < -0.3 is 5.73 Å². The van der Waals surface area contributed by atoms with Crippen molar-refractivity contribution in [2.24, 2.45) is 12.5 Å². The van der Waals surface area contributed by atoms with E-state index in [1.165, 1.54) is 0 Å². The van der Waals surface area contributed by atoms with Crippen LogP contribution in [0.15, 0.2) is 18.2 Å². The maximum atomic E-state index is 6.34. The Bertz CT molecular complexity index is 668. The van der Waals surface area contributed by atoms with Gasteiger partial charge in [0.15, 0.2) is 0 Å². The van der Waals surface area contributed by atoms with Gasteiger partial charge in [-0.15, -0.1) is 0 Å². The lowest BCUT2D eigenvalue weighted by Gasteiger charge is -2.09. The highest BCUT2D eigenvalue weighted by molar-refractivity contribution is 6.39. The highest BCUT2D eigenvalue weighted by Gasteiger charge is 2.49. The minimum atomic E-state index is 0.267. The van der Waals surface area contributed by atoms with Crippen LogP contribution in [0.2, 0.25) is 10.0 Å². The standard InChI is InChI=1S/C15H17Cl2N3/c1-15(2)7-8(15)13-12(14(18)20(3)19-13)11-9(16)5-4-6-10(11)17/h4-6,8H,7,18H2,1-3H3. The Morgan fingerprint density at radius 1 is 1.25 bits per heavy atom. The molecule has 5 heteroatoms. The normalized spacial score (nSPS) is 20.1. The van der Waals surface area contributed by atoms with E-state index in [9.17, 15) is 0 Å². The predicted octanol–water partition coefficient (Wildman–Crippen LogP) is 4.49. The average Bonchev–Trinajstić information content (AvgIpc) is 2.90. The molecule has 1 aliphatic rings. The summed E-state index contributed by atoms with van der Waals surface area (Å²) in [6.45, 7) is 4.47. The van der Waals surface area contributed by atoms with Crippen LogP contribution in [0.3, 0.4) is 0 Å². The van der Waals surface area contributed by atoms with Crippen LogP contribution in [0.5, 0.6) is 0 Å². The van der Waals surface area contributed by atoms with Crippen molar-refractivity contribution in [2.75, 3.05) is 5.73 Å². The largest absolute Gasteiger partial charge is 0.383 e. The van der Waals surface area contributed by atoms with Crippen molar-refractivity contribution in [3.05, 3.63) is 33.9 Å². The second-order valence-corrected chi connectivity index (χ2v) is 6.93. The minimum Gasteiger partial charge on any atom is -0.383 e. The number of benzene rings is 1. The molecule has 1 atom stereocenters. The summed E-state index contributed by atoms with van der Waals surface area (Å²) >= 11 is 12.7. The zero-order valence-electron chi connectivity index (χ0n) is 11.7. The third-order valence-electron chi connectivity index (χ3n) is 4.17. The number of aromatic nitrogens is 2. The number of hydrogen-bond donors (Lipinski definition) is 1. The molecule has 0 bridgehead atoms. The predicted molar refractivity (Wildman–Crippen MR) is 84.2 cm³/mol. The SMILES string of the molecule is Cn1nc(C2CC2(C)C)c(-c2c(Cl)cccc2Cl)c1N. The Labute approximate surface area is 128 Å². The maximum Gasteiger partial charge on any atom is 0.129 e. The highest BCUT2D eigenvalue weighted by Crippen LogP contribution is 2.60. The van der Waals surface area contributed by atoms with Crippen LogP contribution in [0.25, 0.3) is 11.1 Å². The fraction of sp³-hybridized carbons (Fsp3) is 0.400. The number of nitrogen functional groups attached to an aromatic ring is 1. The monoisotopic (exact) mass is 309 g/mol. The number of rotatable bonds is 2. The van der Waals surface area contributed by atoms with Gasteiger partial charge in [-0.3, -0.25) is 4.68 Å². The molecule has 2 aromatic rings. The van der Waals surface area contributed by atoms with Crippen molar-refractivity contribution in [2.45, 2.75) is 26.2 Å². The van der Waals surface area contributed by atoms with Crippen LogP contribution in [0, 0.1) is 5.41 Å². The molecule has 1 aromatic carbocycles. The van der Waals surface area contributed by atoms with E-state index in [4.69, 9.17) is 28.9 Å². The molecule has 2 N–H and O–H groups in total. The summed E-state index contributed by atoms with van der Waals surface area (Å²) in [4.78, 5) is 0. The Balaban J connectivity index is 2.24. The van der Waals surface area contributed by atoms with Crippen LogP contribution in [-0.2, 0) is 7.05 Å². The first-order chi connectivity index (χ1) is 9.33. The van der Waals surface area contributed by atoms with Crippen molar-refractivity contribution in [3.63, 3.8) is 0 Å². The van der Waals surface area contributed by atoms with Gasteiger partial charge in [-0.1, -0.05) is 43.1 Å². The van der Waals surface area contributed by atoms with Crippen molar-refractivity contribution < 1.29 is 0 Å². The van der Waals surface area contributed by atoms with Crippen molar-refractivity contribution in [3.8, 4) is 11.1 Å². The Kier molecular flexibility index (Phi) is 3.03. The van der Waals surface area contributed by atoms with Crippen molar-refractivity contribution in [1.82, 2.24) is 9.78 Å². The molecule has 0 spiro atoms. The Hall–Kier alpha value is -1.19. The molecule has 1 heterocycles. The molecular formula is C15H17Cl2N3. The van der Waals surface area contributed by atoms with E-state index in [0.29, 0.717) is 21.8 Å². The smallest absolute Gasteiger partial charge is 0.129 e. The van der Waals surface area contributed by atoms with E-state index in [2.05, 4.69) is 18.9 Å². The summed E-state index contributed by atoms with van der Waals surface area (Å²) in [5.41, 5.74) is 9.16. The van der Waals surface area contributed by atoms with E-state index in [1.807, 2.05) is 25.2 Å². The molecule has 0 aliphatic heterocycles. The van der Waals surface area contributed by atoms with Crippen molar-refractivity contribution in [1.29, 1.82) is 0 Å². The second kappa shape index (κ2) is 4.40. The fourth-order valence-corrected chi connectivity index (χ4v) is 3.32. The average molecular weight is 310 g/mol. The number of hydrogen-bond acceptors (Lipinski definition) is 2. The van der Waals surface area contributed by atoms with Gasteiger partial charge in [0.25, 0.3) is 0 Å². The molecular weight excluding hydrogens is 293 g/mol. The Morgan fingerprint density at radius 3 is 2.30 bits per heavy atom. The molecule has 1 fully saturated rings.